The summed E-state index contributed by atoms with van der Waals surface area (Å²) in [5, 5.41) is 16.0. The van der Waals surface area contributed by atoms with Gasteiger partial charge in [0.1, 0.15) is 17.2 Å². The molecule has 0 spiro atoms. The number of halogens is 3. The number of pyridine rings is 1. The minimum Gasteiger partial charge on any atom is -0.357 e. The summed E-state index contributed by atoms with van der Waals surface area (Å²) in [6.45, 7) is 9.08. The number of alkyl halides is 3. The first-order valence-electron chi connectivity index (χ1n) is 10.1. The normalized spacial score (nSPS) is 14.8. The topological polar surface area (TPSA) is 89.4 Å². The third kappa shape index (κ3) is 3.65. The van der Waals surface area contributed by atoms with Gasteiger partial charge in [0.25, 0.3) is 0 Å². The molecule has 168 valence electrons. The molecule has 0 fully saturated rings. The van der Waals surface area contributed by atoms with Crippen molar-refractivity contribution >= 4 is 22.9 Å². The molecule has 0 aromatic carbocycles. The second kappa shape index (κ2) is 7.84. The first-order valence-corrected chi connectivity index (χ1v) is 10.1. The van der Waals surface area contributed by atoms with Gasteiger partial charge in [0.05, 0.1) is 11.4 Å². The molecule has 32 heavy (non-hydrogen) atoms. The van der Waals surface area contributed by atoms with E-state index in [1.165, 1.54) is 0 Å². The van der Waals surface area contributed by atoms with Gasteiger partial charge in [-0.1, -0.05) is 0 Å². The molecule has 1 aliphatic heterocycles. The molecule has 0 saturated carbocycles. The quantitative estimate of drug-likeness (QED) is 0.600. The first kappa shape index (κ1) is 21.7. The first-order chi connectivity index (χ1) is 15.1. The van der Waals surface area contributed by atoms with E-state index in [1.54, 1.807) is 36.9 Å². The van der Waals surface area contributed by atoms with Gasteiger partial charge < -0.3 is 4.90 Å². The fraction of sp³-hybridized carbons (Fsp3) is 0.400. The monoisotopic (exact) mass is 445 g/mol. The number of aliphatic imine (C=N–C) groups is 1. The lowest BCUT2D eigenvalue weighted by molar-refractivity contribution is -0.0567. The molecule has 0 atom stereocenters. The second-order valence-electron chi connectivity index (χ2n) is 7.31. The molecule has 4 rings (SSSR count). The van der Waals surface area contributed by atoms with Crippen molar-refractivity contribution in [3.63, 3.8) is 0 Å². The Labute approximate surface area is 182 Å². The molecule has 0 saturated heterocycles. The van der Waals surface area contributed by atoms with Crippen LogP contribution in [0.2, 0.25) is 0 Å². The molecule has 3 aromatic rings. The van der Waals surface area contributed by atoms with Crippen molar-refractivity contribution < 1.29 is 13.2 Å². The Morgan fingerprint density at radius 2 is 1.75 bits per heavy atom. The maximum absolute atomic E-state index is 13.8. The Morgan fingerprint density at radius 1 is 1.06 bits per heavy atom. The standard InChI is InChI=1S/C20H22F3N9/c1-6-31(7-2)15-9-8-13(12(4)24-15)25-16-17(20(21,22)23)29-32-18(26-27-19(16)32)14-10-11(3)30(5)28-14/h8-10H,6-7H2,1-5H3. The molecule has 0 N–H and O–H groups in total. The van der Waals surface area contributed by atoms with Crippen molar-refractivity contribution in [2.24, 2.45) is 17.1 Å². The van der Waals surface area contributed by atoms with Gasteiger partial charge in [-0.2, -0.15) is 28.0 Å². The Kier molecular flexibility index (Phi) is 5.31. The van der Waals surface area contributed by atoms with Crippen molar-refractivity contribution in [1.29, 1.82) is 0 Å². The number of aryl methyl sites for hydroxylation is 3. The van der Waals surface area contributed by atoms with Gasteiger partial charge in [-0.15, -0.1) is 10.2 Å². The highest BCUT2D eigenvalue weighted by Gasteiger charge is 2.46. The van der Waals surface area contributed by atoms with Crippen LogP contribution >= 0.6 is 0 Å². The highest BCUT2D eigenvalue weighted by atomic mass is 19.4. The lowest BCUT2D eigenvalue weighted by Gasteiger charge is -2.20. The summed E-state index contributed by atoms with van der Waals surface area (Å²) in [7, 11) is 1.73. The van der Waals surface area contributed by atoms with Gasteiger partial charge in [0, 0.05) is 25.8 Å². The van der Waals surface area contributed by atoms with Gasteiger partial charge in [0.15, 0.2) is 5.71 Å². The highest BCUT2D eigenvalue weighted by Crippen LogP contribution is 2.31. The maximum atomic E-state index is 13.8. The Hall–Kier alpha value is -3.57. The van der Waals surface area contributed by atoms with Crippen LogP contribution in [0.1, 0.15) is 31.1 Å². The maximum Gasteiger partial charge on any atom is 0.437 e. The summed E-state index contributed by atoms with van der Waals surface area (Å²) in [6.07, 6.45) is -4.72. The molecule has 1 aliphatic rings. The summed E-state index contributed by atoms with van der Waals surface area (Å²) >= 11 is 0. The van der Waals surface area contributed by atoms with Crippen LogP contribution in [0.3, 0.4) is 0 Å². The van der Waals surface area contributed by atoms with Gasteiger partial charge in [-0.25, -0.2) is 9.98 Å². The van der Waals surface area contributed by atoms with E-state index in [-0.39, 0.29) is 11.6 Å². The highest BCUT2D eigenvalue weighted by molar-refractivity contribution is 6.51. The molecule has 9 nitrogen and oxygen atoms in total. The number of hydrogen-bond donors (Lipinski definition) is 0. The summed E-state index contributed by atoms with van der Waals surface area (Å²) in [5.41, 5.74) is 0.463. The lowest BCUT2D eigenvalue weighted by atomic mass is 10.2. The zero-order valence-corrected chi connectivity index (χ0v) is 18.3. The molecule has 0 radical (unpaired) electrons. The minimum absolute atomic E-state index is 0.0946. The number of aromatic nitrogens is 6. The fourth-order valence-corrected chi connectivity index (χ4v) is 3.40. The van der Waals surface area contributed by atoms with Gasteiger partial charge >= 0.3 is 6.18 Å². The number of hydrogen-bond acceptors (Lipinski definition) is 7. The van der Waals surface area contributed by atoms with E-state index < -0.39 is 17.6 Å². The third-order valence-corrected chi connectivity index (χ3v) is 5.25. The Morgan fingerprint density at radius 3 is 2.31 bits per heavy atom. The van der Waals surface area contributed by atoms with E-state index in [2.05, 4.69) is 30.4 Å². The molecule has 12 heteroatoms. The van der Waals surface area contributed by atoms with Crippen LogP contribution in [0, 0.1) is 13.8 Å². The minimum atomic E-state index is -4.72. The molecule has 0 bridgehead atoms. The van der Waals surface area contributed by atoms with Crippen LogP contribution in [-0.4, -0.2) is 60.3 Å². The average Bonchev–Trinajstić information content (AvgIpc) is 3.39. The van der Waals surface area contributed by atoms with Crippen LogP contribution in [0.4, 0.5) is 24.7 Å². The van der Waals surface area contributed by atoms with Crippen molar-refractivity contribution in [2.45, 2.75) is 33.9 Å². The van der Waals surface area contributed by atoms with E-state index in [4.69, 9.17) is 0 Å². The molecule has 0 unspecified atom stereocenters. The summed E-state index contributed by atoms with van der Waals surface area (Å²) in [6, 6.07) is 5.10. The summed E-state index contributed by atoms with van der Waals surface area (Å²) in [4.78, 5) is 10.8. The van der Waals surface area contributed by atoms with E-state index in [0.717, 1.165) is 29.3 Å². The molecule has 4 heterocycles. The van der Waals surface area contributed by atoms with E-state index in [1.807, 2.05) is 25.7 Å². The second-order valence-corrected chi connectivity index (χ2v) is 7.31. The van der Waals surface area contributed by atoms with Gasteiger partial charge in [-0.3, -0.25) is 4.68 Å². The van der Waals surface area contributed by atoms with Crippen LogP contribution in [0.5, 0.6) is 0 Å². The Bertz CT molecular complexity index is 1210. The number of rotatable bonds is 5. The molecule has 0 amide bonds. The van der Waals surface area contributed by atoms with E-state index in [9.17, 15) is 13.2 Å². The summed E-state index contributed by atoms with van der Waals surface area (Å²) in [5.74, 6) is 0.758. The van der Waals surface area contributed by atoms with Gasteiger partial charge in [0.2, 0.25) is 11.6 Å². The molecule has 3 aromatic heterocycles. The van der Waals surface area contributed by atoms with Crippen LogP contribution in [-0.2, 0) is 7.05 Å². The molecular weight excluding hydrogens is 423 g/mol. The van der Waals surface area contributed by atoms with Gasteiger partial charge in [-0.05, 0) is 45.9 Å². The number of fused-ring (bicyclic) bond motifs is 1. The fourth-order valence-electron chi connectivity index (χ4n) is 3.40. The van der Waals surface area contributed by atoms with E-state index in [0.29, 0.717) is 17.1 Å². The predicted octanol–water partition coefficient (Wildman–Crippen LogP) is 3.44. The average molecular weight is 445 g/mol. The Balaban J connectivity index is 1.82. The zero-order chi connectivity index (χ0) is 23.2. The van der Waals surface area contributed by atoms with Crippen LogP contribution in [0.15, 0.2) is 28.3 Å². The molecule has 0 aliphatic carbocycles. The van der Waals surface area contributed by atoms with Crippen molar-refractivity contribution in [2.75, 3.05) is 18.0 Å². The molecular formula is C20H22F3N9. The smallest absolute Gasteiger partial charge is 0.357 e. The zero-order valence-electron chi connectivity index (χ0n) is 18.3. The third-order valence-electron chi connectivity index (χ3n) is 5.25. The predicted molar refractivity (Wildman–Crippen MR) is 115 cm³/mol. The van der Waals surface area contributed by atoms with Crippen LogP contribution < -0.4 is 4.90 Å². The number of anilines is 1. The van der Waals surface area contributed by atoms with E-state index >= 15 is 0 Å². The summed E-state index contributed by atoms with van der Waals surface area (Å²) < 4.78 is 44.1. The number of nitrogens with zero attached hydrogens (tertiary/aromatic N) is 9. The van der Waals surface area contributed by atoms with Crippen molar-refractivity contribution in [3.8, 4) is 11.5 Å². The van der Waals surface area contributed by atoms with Crippen molar-refractivity contribution in [1.82, 2.24) is 29.6 Å². The SMILES string of the molecule is CCN(CC)c1ccc(N=C2C(C(F)(F)F)=Nn3c2nnc3-c2cc(C)n(C)n2)c(C)n1. The lowest BCUT2D eigenvalue weighted by Crippen LogP contribution is -2.29. The van der Waals surface area contributed by atoms with Crippen molar-refractivity contribution in [3.05, 3.63) is 35.4 Å². The largest absolute Gasteiger partial charge is 0.437 e. The van der Waals surface area contributed by atoms with Crippen LogP contribution in [0.25, 0.3) is 11.5 Å².